The monoisotopic (exact) mass is 295 g/mol. The van der Waals surface area contributed by atoms with Gasteiger partial charge in [0.05, 0.1) is 0 Å². The molecule has 21 heavy (non-hydrogen) atoms. The fraction of sp³-hybridized carbons (Fsp3) is 0.944. The molecule has 2 aliphatic carbocycles. The van der Waals surface area contributed by atoms with Gasteiger partial charge in [0.2, 0.25) is 5.91 Å². The molecule has 0 saturated heterocycles. The summed E-state index contributed by atoms with van der Waals surface area (Å²) in [7, 11) is 0. The van der Waals surface area contributed by atoms with Gasteiger partial charge in [-0.15, -0.1) is 0 Å². The Morgan fingerprint density at radius 2 is 1.81 bits per heavy atom. The van der Waals surface area contributed by atoms with Gasteiger partial charge < -0.3 is 10.0 Å². The standard InChI is InChI=1S/C18H33NO2/c1-2-3-6-15-9-11-16(12-10-15)18(21)19(13-5-14-20)17-7-4-8-17/h15-17,20H,2-14H2,1H3. The second-order valence-electron chi connectivity index (χ2n) is 7.05. The molecule has 3 nitrogen and oxygen atoms in total. The maximum Gasteiger partial charge on any atom is 0.225 e. The predicted octanol–water partition coefficient (Wildman–Crippen LogP) is 3.75. The van der Waals surface area contributed by atoms with Gasteiger partial charge in [0, 0.05) is 25.1 Å². The number of nitrogens with zero attached hydrogens (tertiary/aromatic N) is 1. The van der Waals surface area contributed by atoms with Crippen molar-refractivity contribution in [2.24, 2.45) is 11.8 Å². The molecule has 2 fully saturated rings. The van der Waals surface area contributed by atoms with Crippen molar-refractivity contribution in [3.63, 3.8) is 0 Å². The number of carbonyl (C=O) groups is 1. The van der Waals surface area contributed by atoms with Gasteiger partial charge in [-0.3, -0.25) is 4.79 Å². The molecule has 1 N–H and O–H groups in total. The largest absolute Gasteiger partial charge is 0.396 e. The molecule has 2 rings (SSSR count). The maximum atomic E-state index is 12.8. The van der Waals surface area contributed by atoms with Crippen LogP contribution in [0.15, 0.2) is 0 Å². The van der Waals surface area contributed by atoms with Gasteiger partial charge in [-0.25, -0.2) is 0 Å². The summed E-state index contributed by atoms with van der Waals surface area (Å²) in [5.41, 5.74) is 0. The summed E-state index contributed by atoms with van der Waals surface area (Å²) >= 11 is 0. The highest BCUT2D eigenvalue weighted by molar-refractivity contribution is 5.79. The average Bonchev–Trinajstić information content (AvgIpc) is 2.47. The van der Waals surface area contributed by atoms with E-state index < -0.39 is 0 Å². The highest BCUT2D eigenvalue weighted by Crippen LogP contribution is 2.35. The average molecular weight is 295 g/mol. The van der Waals surface area contributed by atoms with Crippen LogP contribution in [0.2, 0.25) is 0 Å². The Morgan fingerprint density at radius 1 is 1.10 bits per heavy atom. The van der Waals surface area contributed by atoms with Crippen LogP contribution in [-0.2, 0) is 4.79 Å². The van der Waals surface area contributed by atoms with Crippen molar-refractivity contribution >= 4 is 5.91 Å². The van der Waals surface area contributed by atoms with Crippen LogP contribution in [0.25, 0.3) is 0 Å². The molecular formula is C18H33NO2. The zero-order valence-corrected chi connectivity index (χ0v) is 13.7. The molecule has 0 aromatic rings. The number of amides is 1. The van der Waals surface area contributed by atoms with E-state index in [1.165, 1.54) is 51.4 Å². The quantitative estimate of drug-likeness (QED) is 0.741. The minimum atomic E-state index is 0.195. The Hall–Kier alpha value is -0.570. The van der Waals surface area contributed by atoms with Gasteiger partial charge in [-0.05, 0) is 57.3 Å². The molecule has 2 saturated carbocycles. The molecule has 0 spiro atoms. The minimum Gasteiger partial charge on any atom is -0.396 e. The van der Waals surface area contributed by atoms with E-state index >= 15 is 0 Å². The fourth-order valence-corrected chi connectivity index (χ4v) is 3.84. The Kier molecular flexibility index (Phi) is 7.01. The normalized spacial score (nSPS) is 26.4. The zero-order valence-electron chi connectivity index (χ0n) is 13.7. The molecule has 0 aromatic carbocycles. The lowest BCUT2D eigenvalue weighted by molar-refractivity contribution is -0.141. The molecule has 2 aliphatic rings. The first kappa shape index (κ1) is 16.8. The SMILES string of the molecule is CCCCC1CCC(C(=O)N(CCCO)C2CCC2)CC1. The number of aliphatic hydroxyl groups excluding tert-OH is 1. The van der Waals surface area contributed by atoms with Crippen LogP contribution in [0.5, 0.6) is 0 Å². The second-order valence-corrected chi connectivity index (χ2v) is 7.05. The molecule has 1 amide bonds. The number of unbranched alkanes of at least 4 members (excludes halogenated alkanes) is 1. The molecule has 3 heteroatoms. The number of rotatable bonds is 8. The van der Waals surface area contributed by atoms with Crippen molar-refractivity contribution in [2.45, 2.75) is 83.6 Å². The van der Waals surface area contributed by atoms with E-state index in [2.05, 4.69) is 11.8 Å². The first-order valence-electron chi connectivity index (χ1n) is 9.17. The predicted molar refractivity (Wildman–Crippen MR) is 86.0 cm³/mol. The van der Waals surface area contributed by atoms with Gasteiger partial charge in [-0.1, -0.05) is 26.2 Å². The third-order valence-corrected chi connectivity index (χ3v) is 5.52. The van der Waals surface area contributed by atoms with E-state index in [9.17, 15) is 4.79 Å². The van der Waals surface area contributed by atoms with E-state index in [-0.39, 0.29) is 12.5 Å². The Bertz CT molecular complexity index is 306. The Balaban J connectivity index is 1.80. The molecule has 122 valence electrons. The van der Waals surface area contributed by atoms with Gasteiger partial charge >= 0.3 is 0 Å². The van der Waals surface area contributed by atoms with Crippen molar-refractivity contribution in [1.29, 1.82) is 0 Å². The van der Waals surface area contributed by atoms with E-state index in [4.69, 9.17) is 5.11 Å². The summed E-state index contributed by atoms with van der Waals surface area (Å²) in [5.74, 6) is 1.52. The van der Waals surface area contributed by atoms with Crippen LogP contribution in [0.4, 0.5) is 0 Å². The number of hydrogen-bond acceptors (Lipinski definition) is 2. The number of aliphatic hydroxyl groups is 1. The van der Waals surface area contributed by atoms with Crippen molar-refractivity contribution in [2.75, 3.05) is 13.2 Å². The van der Waals surface area contributed by atoms with E-state index in [0.717, 1.165) is 31.7 Å². The van der Waals surface area contributed by atoms with Gasteiger partial charge in [-0.2, -0.15) is 0 Å². The minimum absolute atomic E-state index is 0.195. The lowest BCUT2D eigenvalue weighted by Crippen LogP contribution is -2.48. The summed E-state index contributed by atoms with van der Waals surface area (Å²) in [4.78, 5) is 14.9. The summed E-state index contributed by atoms with van der Waals surface area (Å²) in [6, 6.07) is 0.474. The van der Waals surface area contributed by atoms with Crippen LogP contribution < -0.4 is 0 Å². The first-order valence-corrected chi connectivity index (χ1v) is 9.17. The van der Waals surface area contributed by atoms with Crippen molar-refractivity contribution < 1.29 is 9.90 Å². The molecule has 0 atom stereocenters. The Labute approximate surface area is 130 Å². The second kappa shape index (κ2) is 8.77. The first-order chi connectivity index (χ1) is 10.3. The van der Waals surface area contributed by atoms with Gasteiger partial charge in [0.15, 0.2) is 0 Å². The van der Waals surface area contributed by atoms with Crippen molar-refractivity contribution in [3.05, 3.63) is 0 Å². The highest BCUT2D eigenvalue weighted by atomic mass is 16.3. The third kappa shape index (κ3) is 4.70. The van der Waals surface area contributed by atoms with Gasteiger partial charge in [0.25, 0.3) is 0 Å². The number of carbonyl (C=O) groups excluding carboxylic acids is 1. The number of hydrogen-bond donors (Lipinski definition) is 1. The molecule has 0 aromatic heterocycles. The van der Waals surface area contributed by atoms with Crippen LogP contribution in [0.3, 0.4) is 0 Å². The highest BCUT2D eigenvalue weighted by Gasteiger charge is 2.34. The molecule has 0 radical (unpaired) electrons. The van der Waals surface area contributed by atoms with E-state index in [1.54, 1.807) is 0 Å². The maximum absolute atomic E-state index is 12.8. The topological polar surface area (TPSA) is 40.5 Å². The summed E-state index contributed by atoms with van der Waals surface area (Å²) in [5, 5.41) is 9.06. The van der Waals surface area contributed by atoms with Crippen molar-refractivity contribution in [3.8, 4) is 0 Å². The summed E-state index contributed by atoms with van der Waals surface area (Å²) < 4.78 is 0. The van der Waals surface area contributed by atoms with Crippen LogP contribution in [0, 0.1) is 11.8 Å². The lowest BCUT2D eigenvalue weighted by atomic mass is 9.78. The fourth-order valence-electron chi connectivity index (χ4n) is 3.84. The molecular weight excluding hydrogens is 262 g/mol. The lowest BCUT2D eigenvalue weighted by Gasteiger charge is -2.40. The molecule has 0 aliphatic heterocycles. The summed E-state index contributed by atoms with van der Waals surface area (Å²) in [6.07, 6.45) is 13.0. The van der Waals surface area contributed by atoms with Gasteiger partial charge in [0.1, 0.15) is 0 Å². The van der Waals surface area contributed by atoms with Crippen LogP contribution >= 0.6 is 0 Å². The van der Waals surface area contributed by atoms with Crippen molar-refractivity contribution in [1.82, 2.24) is 4.90 Å². The molecule has 0 bridgehead atoms. The molecule has 0 heterocycles. The Morgan fingerprint density at radius 3 is 2.33 bits per heavy atom. The van der Waals surface area contributed by atoms with Crippen LogP contribution in [-0.4, -0.2) is 35.1 Å². The smallest absolute Gasteiger partial charge is 0.225 e. The van der Waals surface area contributed by atoms with Crippen LogP contribution in [0.1, 0.15) is 77.6 Å². The zero-order chi connectivity index (χ0) is 15.1. The van der Waals surface area contributed by atoms with E-state index in [1.807, 2.05) is 0 Å². The summed E-state index contributed by atoms with van der Waals surface area (Å²) in [6.45, 7) is 3.21. The molecule has 0 unspecified atom stereocenters. The third-order valence-electron chi connectivity index (χ3n) is 5.52. The van der Waals surface area contributed by atoms with E-state index in [0.29, 0.717) is 11.9 Å².